The zero-order valence-electron chi connectivity index (χ0n) is 12.1. The fourth-order valence-corrected chi connectivity index (χ4v) is 3.65. The van der Waals surface area contributed by atoms with E-state index >= 15 is 0 Å². The van der Waals surface area contributed by atoms with Crippen molar-refractivity contribution in [3.05, 3.63) is 24.3 Å². The van der Waals surface area contributed by atoms with Crippen LogP contribution in [-0.2, 0) is 14.8 Å². The summed E-state index contributed by atoms with van der Waals surface area (Å²) in [6.45, 7) is 5.10. The summed E-state index contributed by atoms with van der Waals surface area (Å²) in [7, 11) is -3.45. The van der Waals surface area contributed by atoms with E-state index in [0.717, 1.165) is 5.69 Å². The number of aliphatic carboxylic acids is 1. The Morgan fingerprint density at radius 1 is 1.33 bits per heavy atom. The Labute approximate surface area is 124 Å². The molecule has 6 nitrogen and oxygen atoms in total. The standard InChI is InChI=1S/C14H20N2O4S/c1-3-15-21(19,20)12-6-4-11(5-7-12)16-8-10(2)13(9-16)14(17)18/h4-7,10,13,15H,3,8-9H2,1-2H3,(H,17,18)/t10-,13-/m1/s1. The van der Waals surface area contributed by atoms with Crippen LogP contribution in [0.25, 0.3) is 0 Å². The third kappa shape index (κ3) is 3.36. The largest absolute Gasteiger partial charge is 0.481 e. The number of carbonyl (C=O) groups is 1. The van der Waals surface area contributed by atoms with Crippen LogP contribution in [0.5, 0.6) is 0 Å². The minimum absolute atomic E-state index is 0.0765. The molecule has 0 aromatic heterocycles. The minimum Gasteiger partial charge on any atom is -0.481 e. The van der Waals surface area contributed by atoms with Crippen LogP contribution in [0.15, 0.2) is 29.2 Å². The van der Waals surface area contributed by atoms with Gasteiger partial charge in [-0.2, -0.15) is 0 Å². The van der Waals surface area contributed by atoms with Gasteiger partial charge >= 0.3 is 5.97 Å². The maximum absolute atomic E-state index is 11.9. The normalized spacial score (nSPS) is 22.5. The Balaban J connectivity index is 2.15. The molecule has 7 heteroatoms. The Morgan fingerprint density at radius 2 is 1.95 bits per heavy atom. The molecular formula is C14H20N2O4S. The van der Waals surface area contributed by atoms with Crippen molar-refractivity contribution in [1.82, 2.24) is 4.72 Å². The lowest BCUT2D eigenvalue weighted by molar-refractivity contribution is -0.142. The Bertz CT molecular complexity index is 612. The number of carboxylic acid groups (broad SMARTS) is 1. The molecule has 1 aromatic rings. The number of nitrogens with one attached hydrogen (secondary N) is 1. The summed E-state index contributed by atoms with van der Waals surface area (Å²) in [6, 6.07) is 6.54. The monoisotopic (exact) mass is 312 g/mol. The number of hydrogen-bond donors (Lipinski definition) is 2. The fraction of sp³-hybridized carbons (Fsp3) is 0.500. The van der Waals surface area contributed by atoms with E-state index in [1.165, 1.54) is 0 Å². The molecule has 0 radical (unpaired) electrons. The van der Waals surface area contributed by atoms with Crippen molar-refractivity contribution in [3.63, 3.8) is 0 Å². The first-order valence-corrected chi connectivity index (χ1v) is 8.41. The molecule has 21 heavy (non-hydrogen) atoms. The molecule has 2 rings (SSSR count). The van der Waals surface area contributed by atoms with Crippen molar-refractivity contribution in [3.8, 4) is 0 Å². The lowest BCUT2D eigenvalue weighted by atomic mass is 9.99. The van der Waals surface area contributed by atoms with E-state index in [4.69, 9.17) is 5.11 Å². The van der Waals surface area contributed by atoms with Gasteiger partial charge < -0.3 is 10.0 Å². The van der Waals surface area contributed by atoms with E-state index in [-0.39, 0.29) is 16.7 Å². The molecule has 1 aliphatic rings. The van der Waals surface area contributed by atoms with Crippen LogP contribution in [0.1, 0.15) is 13.8 Å². The van der Waals surface area contributed by atoms with Gasteiger partial charge in [0.25, 0.3) is 0 Å². The van der Waals surface area contributed by atoms with E-state index in [1.807, 2.05) is 11.8 Å². The van der Waals surface area contributed by atoms with E-state index < -0.39 is 16.0 Å². The number of benzene rings is 1. The second-order valence-electron chi connectivity index (χ2n) is 5.32. The van der Waals surface area contributed by atoms with Crippen LogP contribution in [0, 0.1) is 11.8 Å². The maximum Gasteiger partial charge on any atom is 0.308 e. The van der Waals surface area contributed by atoms with Crippen LogP contribution < -0.4 is 9.62 Å². The topological polar surface area (TPSA) is 86.7 Å². The molecule has 1 aromatic carbocycles. The molecule has 1 aliphatic heterocycles. The van der Waals surface area contributed by atoms with Gasteiger partial charge in [0.2, 0.25) is 10.0 Å². The Kier molecular flexibility index (Phi) is 4.53. The molecule has 116 valence electrons. The van der Waals surface area contributed by atoms with Gasteiger partial charge in [0.1, 0.15) is 0 Å². The molecule has 1 fully saturated rings. The van der Waals surface area contributed by atoms with Crippen molar-refractivity contribution in [2.45, 2.75) is 18.7 Å². The van der Waals surface area contributed by atoms with E-state index in [9.17, 15) is 13.2 Å². The van der Waals surface area contributed by atoms with E-state index in [0.29, 0.717) is 19.6 Å². The van der Waals surface area contributed by atoms with Gasteiger partial charge in [0.15, 0.2) is 0 Å². The van der Waals surface area contributed by atoms with Crippen LogP contribution >= 0.6 is 0 Å². The molecular weight excluding hydrogens is 292 g/mol. The molecule has 0 amide bonds. The van der Waals surface area contributed by atoms with Gasteiger partial charge in [0.05, 0.1) is 10.8 Å². The van der Waals surface area contributed by atoms with Crippen LogP contribution in [-0.4, -0.2) is 39.1 Å². The molecule has 0 bridgehead atoms. The number of nitrogens with zero attached hydrogens (tertiary/aromatic N) is 1. The lowest BCUT2D eigenvalue weighted by Gasteiger charge is -2.18. The summed E-state index contributed by atoms with van der Waals surface area (Å²) in [5.41, 5.74) is 0.848. The summed E-state index contributed by atoms with van der Waals surface area (Å²) in [6.07, 6.45) is 0. The highest BCUT2D eigenvalue weighted by Crippen LogP contribution is 2.28. The fourth-order valence-electron chi connectivity index (χ4n) is 2.61. The Hall–Kier alpha value is -1.60. The number of sulfonamides is 1. The predicted molar refractivity (Wildman–Crippen MR) is 79.8 cm³/mol. The summed E-state index contributed by atoms with van der Waals surface area (Å²) < 4.78 is 26.1. The smallest absolute Gasteiger partial charge is 0.308 e. The second-order valence-corrected chi connectivity index (χ2v) is 7.09. The number of rotatable bonds is 5. The molecule has 2 atom stereocenters. The van der Waals surface area contributed by atoms with Gasteiger partial charge in [-0.3, -0.25) is 4.79 Å². The molecule has 0 spiro atoms. The van der Waals surface area contributed by atoms with E-state index in [1.54, 1.807) is 31.2 Å². The summed E-state index contributed by atoms with van der Waals surface area (Å²) in [5.74, 6) is -1.08. The maximum atomic E-state index is 11.9. The molecule has 1 saturated heterocycles. The average Bonchev–Trinajstić information content (AvgIpc) is 2.81. The minimum atomic E-state index is -3.45. The van der Waals surface area contributed by atoms with Crippen molar-refractivity contribution < 1.29 is 18.3 Å². The van der Waals surface area contributed by atoms with Gasteiger partial charge in [-0.1, -0.05) is 13.8 Å². The highest BCUT2D eigenvalue weighted by molar-refractivity contribution is 7.89. The van der Waals surface area contributed by atoms with Gasteiger partial charge in [-0.25, -0.2) is 13.1 Å². The van der Waals surface area contributed by atoms with Crippen molar-refractivity contribution in [2.75, 3.05) is 24.5 Å². The molecule has 0 saturated carbocycles. The highest BCUT2D eigenvalue weighted by atomic mass is 32.2. The number of anilines is 1. The van der Waals surface area contributed by atoms with Crippen molar-refractivity contribution in [2.24, 2.45) is 11.8 Å². The van der Waals surface area contributed by atoms with Gasteiger partial charge in [0, 0.05) is 25.3 Å². The van der Waals surface area contributed by atoms with Crippen LogP contribution in [0.2, 0.25) is 0 Å². The average molecular weight is 312 g/mol. The van der Waals surface area contributed by atoms with Gasteiger partial charge in [-0.05, 0) is 30.2 Å². The van der Waals surface area contributed by atoms with Gasteiger partial charge in [-0.15, -0.1) is 0 Å². The summed E-state index contributed by atoms with van der Waals surface area (Å²) >= 11 is 0. The quantitative estimate of drug-likeness (QED) is 0.851. The predicted octanol–water partition coefficient (Wildman–Crippen LogP) is 1.14. The van der Waals surface area contributed by atoms with Crippen LogP contribution in [0.3, 0.4) is 0 Å². The molecule has 0 unspecified atom stereocenters. The zero-order valence-corrected chi connectivity index (χ0v) is 12.9. The zero-order chi connectivity index (χ0) is 15.6. The molecule has 2 N–H and O–H groups in total. The number of hydrogen-bond acceptors (Lipinski definition) is 4. The first kappa shape index (κ1) is 15.8. The third-order valence-electron chi connectivity index (χ3n) is 3.78. The lowest BCUT2D eigenvalue weighted by Crippen LogP contribution is -2.24. The van der Waals surface area contributed by atoms with Crippen LogP contribution in [0.4, 0.5) is 5.69 Å². The first-order valence-electron chi connectivity index (χ1n) is 6.92. The summed E-state index contributed by atoms with van der Waals surface area (Å²) in [5, 5.41) is 9.14. The third-order valence-corrected chi connectivity index (χ3v) is 5.34. The Morgan fingerprint density at radius 3 is 2.43 bits per heavy atom. The molecule has 0 aliphatic carbocycles. The molecule has 1 heterocycles. The highest BCUT2D eigenvalue weighted by Gasteiger charge is 2.34. The van der Waals surface area contributed by atoms with Crippen molar-refractivity contribution in [1.29, 1.82) is 0 Å². The SMILES string of the molecule is CCNS(=O)(=O)c1ccc(N2C[C@@H](C)[C@H](C(=O)O)C2)cc1. The second kappa shape index (κ2) is 6.03. The number of carboxylic acids is 1. The first-order chi connectivity index (χ1) is 9.85. The van der Waals surface area contributed by atoms with E-state index in [2.05, 4.69) is 4.72 Å². The van der Waals surface area contributed by atoms with Crippen molar-refractivity contribution >= 4 is 21.7 Å². The summed E-state index contributed by atoms with van der Waals surface area (Å²) in [4.78, 5) is 13.3.